The third-order valence-corrected chi connectivity index (χ3v) is 7.10. The van der Waals surface area contributed by atoms with E-state index < -0.39 is 12.0 Å². The number of para-hydroxylation sites is 1. The monoisotopic (exact) mass is 578 g/mol. The molecule has 0 aromatic heterocycles. The van der Waals surface area contributed by atoms with Crippen LogP contribution in [0, 0.1) is 12.8 Å². The molecule has 0 aliphatic rings. The predicted molar refractivity (Wildman–Crippen MR) is 170 cm³/mol. The third kappa shape index (κ3) is 8.55. The maximum absolute atomic E-state index is 13.1. The van der Waals surface area contributed by atoms with E-state index in [1.165, 1.54) is 0 Å². The lowest BCUT2D eigenvalue weighted by atomic mass is 10.00. The third-order valence-electron chi connectivity index (χ3n) is 7.10. The van der Waals surface area contributed by atoms with Crippen LogP contribution in [0.5, 0.6) is 5.75 Å². The molecule has 7 nitrogen and oxygen atoms in total. The summed E-state index contributed by atoms with van der Waals surface area (Å²) in [6, 6.07) is 30.2. The zero-order valence-electron chi connectivity index (χ0n) is 24.8. The van der Waals surface area contributed by atoms with Crippen molar-refractivity contribution in [3.63, 3.8) is 0 Å². The summed E-state index contributed by atoms with van der Waals surface area (Å²) >= 11 is 0. The van der Waals surface area contributed by atoms with Crippen molar-refractivity contribution in [2.75, 3.05) is 23.4 Å². The highest BCUT2D eigenvalue weighted by Crippen LogP contribution is 2.23. The van der Waals surface area contributed by atoms with Crippen LogP contribution in [0.1, 0.15) is 47.3 Å². The lowest BCUT2D eigenvalue weighted by Crippen LogP contribution is -2.35. The zero-order chi connectivity index (χ0) is 30.8. The summed E-state index contributed by atoms with van der Waals surface area (Å²) in [4.78, 5) is 39.9. The highest BCUT2D eigenvalue weighted by Gasteiger charge is 2.22. The maximum Gasteiger partial charge on any atom is 0.326 e. The number of carboxylic acids is 1. The van der Waals surface area contributed by atoms with E-state index in [0.717, 1.165) is 16.8 Å². The van der Waals surface area contributed by atoms with Crippen LogP contribution in [0.25, 0.3) is 0 Å². The van der Waals surface area contributed by atoms with Gasteiger partial charge in [0.2, 0.25) is 5.91 Å². The molecule has 1 amide bonds. The second kappa shape index (κ2) is 14.8. The van der Waals surface area contributed by atoms with Gasteiger partial charge in [-0.3, -0.25) is 9.59 Å². The second-order valence-corrected chi connectivity index (χ2v) is 10.8. The summed E-state index contributed by atoms with van der Waals surface area (Å²) < 4.78 is 5.93. The molecule has 0 aliphatic carbocycles. The predicted octanol–water partition coefficient (Wildman–Crippen LogP) is 6.79. The normalized spacial score (nSPS) is 11.5. The Morgan fingerprint density at radius 2 is 1.49 bits per heavy atom. The van der Waals surface area contributed by atoms with Crippen LogP contribution in [0.15, 0.2) is 103 Å². The SMILES string of the molecule is Cc1ccc(N(CCCOc2ccc(C[C@H](Nc3ccccc3C(=O)c3ccccc3)C(=O)O)cc2)C(=O)C(C)C)cc1. The minimum Gasteiger partial charge on any atom is -0.494 e. The summed E-state index contributed by atoms with van der Waals surface area (Å²) in [6.07, 6.45) is 0.868. The number of carbonyl (C=O) groups is 3. The minimum absolute atomic E-state index is 0.0712. The summed E-state index contributed by atoms with van der Waals surface area (Å²) in [7, 11) is 0. The van der Waals surface area contributed by atoms with Gasteiger partial charge in [-0.15, -0.1) is 0 Å². The number of aryl methyl sites for hydroxylation is 1. The van der Waals surface area contributed by atoms with Crippen LogP contribution in [0.4, 0.5) is 11.4 Å². The molecule has 0 saturated heterocycles. The Balaban J connectivity index is 1.34. The Kier molecular flexibility index (Phi) is 10.7. The van der Waals surface area contributed by atoms with Crippen molar-refractivity contribution in [1.82, 2.24) is 0 Å². The fourth-order valence-corrected chi connectivity index (χ4v) is 4.71. The number of amides is 1. The highest BCUT2D eigenvalue weighted by molar-refractivity contribution is 6.12. The molecule has 2 N–H and O–H groups in total. The van der Waals surface area contributed by atoms with Crippen molar-refractivity contribution in [2.45, 2.75) is 39.7 Å². The van der Waals surface area contributed by atoms with E-state index in [1.807, 2.05) is 75.4 Å². The number of benzene rings is 4. The summed E-state index contributed by atoms with van der Waals surface area (Å²) in [6.45, 7) is 6.78. The molecular formula is C36H38N2O5. The van der Waals surface area contributed by atoms with Crippen molar-refractivity contribution >= 4 is 29.0 Å². The highest BCUT2D eigenvalue weighted by atomic mass is 16.5. The number of nitrogens with one attached hydrogen (secondary N) is 1. The van der Waals surface area contributed by atoms with Gasteiger partial charge in [0, 0.05) is 41.4 Å². The van der Waals surface area contributed by atoms with Crippen LogP contribution < -0.4 is 15.0 Å². The molecule has 7 heteroatoms. The van der Waals surface area contributed by atoms with E-state index in [2.05, 4.69) is 5.32 Å². The molecule has 0 unspecified atom stereocenters. The average Bonchev–Trinajstić information content (AvgIpc) is 3.02. The quantitative estimate of drug-likeness (QED) is 0.126. The standard InChI is InChI=1S/C36H38N2O5/c1-25(2)35(40)38(29-18-14-26(3)15-19-29)22-9-23-43-30-20-16-27(17-21-30)24-33(36(41)42)37-32-13-8-7-12-31(32)34(39)28-10-5-4-6-11-28/h4-8,10-21,25,33,37H,9,22-24H2,1-3H3,(H,41,42)/t33-/m0/s1. The molecule has 0 saturated carbocycles. The lowest BCUT2D eigenvalue weighted by molar-refractivity contribution is -0.137. The van der Waals surface area contributed by atoms with Crippen molar-refractivity contribution < 1.29 is 24.2 Å². The Bertz CT molecular complexity index is 1520. The first kappa shape index (κ1) is 31.0. The number of hydrogen-bond acceptors (Lipinski definition) is 5. The smallest absolute Gasteiger partial charge is 0.326 e. The number of carbonyl (C=O) groups excluding carboxylic acids is 2. The number of anilines is 2. The van der Waals surface area contributed by atoms with Crippen molar-refractivity contribution in [2.24, 2.45) is 5.92 Å². The number of aliphatic carboxylic acids is 1. The van der Waals surface area contributed by atoms with Crippen molar-refractivity contribution in [3.05, 3.63) is 125 Å². The van der Waals surface area contributed by atoms with Crippen LogP contribution in [-0.4, -0.2) is 42.0 Å². The number of rotatable bonds is 14. The van der Waals surface area contributed by atoms with E-state index in [4.69, 9.17) is 4.74 Å². The summed E-state index contributed by atoms with van der Waals surface area (Å²) in [5, 5.41) is 13.0. The van der Waals surface area contributed by atoms with Gasteiger partial charge in [-0.05, 0) is 55.3 Å². The minimum atomic E-state index is -1.02. The summed E-state index contributed by atoms with van der Waals surface area (Å²) in [5.41, 5.74) is 4.25. The van der Waals surface area contributed by atoms with Crippen LogP contribution >= 0.6 is 0 Å². The first-order chi connectivity index (χ1) is 20.7. The molecule has 0 spiro atoms. The van der Waals surface area contributed by atoms with Crippen molar-refractivity contribution in [1.29, 1.82) is 0 Å². The molecule has 43 heavy (non-hydrogen) atoms. The number of ketones is 1. The largest absolute Gasteiger partial charge is 0.494 e. The molecule has 0 heterocycles. The second-order valence-electron chi connectivity index (χ2n) is 10.8. The van der Waals surface area contributed by atoms with Gasteiger partial charge >= 0.3 is 5.97 Å². The Labute approximate surface area is 253 Å². The van der Waals surface area contributed by atoms with Gasteiger partial charge in [0.1, 0.15) is 11.8 Å². The molecule has 0 bridgehead atoms. The molecule has 0 fully saturated rings. The van der Waals surface area contributed by atoms with E-state index in [0.29, 0.717) is 42.1 Å². The van der Waals surface area contributed by atoms with Crippen molar-refractivity contribution in [3.8, 4) is 5.75 Å². The average molecular weight is 579 g/mol. The first-order valence-electron chi connectivity index (χ1n) is 14.5. The van der Waals surface area contributed by atoms with E-state index in [-0.39, 0.29) is 24.0 Å². The van der Waals surface area contributed by atoms with Gasteiger partial charge < -0.3 is 20.1 Å². The lowest BCUT2D eigenvalue weighted by Gasteiger charge is -2.25. The fraction of sp³-hybridized carbons (Fsp3) is 0.250. The van der Waals surface area contributed by atoms with E-state index in [1.54, 1.807) is 53.4 Å². The first-order valence-corrected chi connectivity index (χ1v) is 14.5. The van der Waals surface area contributed by atoms with Gasteiger partial charge in [0.25, 0.3) is 0 Å². The zero-order valence-corrected chi connectivity index (χ0v) is 24.8. The molecular weight excluding hydrogens is 540 g/mol. The topological polar surface area (TPSA) is 95.9 Å². The van der Waals surface area contributed by atoms with Gasteiger partial charge in [-0.25, -0.2) is 4.79 Å². The van der Waals surface area contributed by atoms with Gasteiger partial charge in [0.15, 0.2) is 5.78 Å². The number of nitrogens with zero attached hydrogens (tertiary/aromatic N) is 1. The van der Waals surface area contributed by atoms with Gasteiger partial charge in [0.05, 0.1) is 6.61 Å². The maximum atomic E-state index is 13.1. The molecule has 222 valence electrons. The van der Waals surface area contributed by atoms with E-state index >= 15 is 0 Å². The fourth-order valence-electron chi connectivity index (χ4n) is 4.71. The Morgan fingerprint density at radius 1 is 0.837 bits per heavy atom. The molecule has 0 radical (unpaired) electrons. The number of carboxylic acid groups (broad SMARTS) is 1. The van der Waals surface area contributed by atoms with Gasteiger partial charge in [-0.2, -0.15) is 0 Å². The molecule has 4 aromatic carbocycles. The number of ether oxygens (including phenoxy) is 1. The van der Waals surface area contributed by atoms with E-state index in [9.17, 15) is 19.5 Å². The van der Waals surface area contributed by atoms with Crippen LogP contribution in [-0.2, 0) is 16.0 Å². The Morgan fingerprint density at radius 3 is 2.14 bits per heavy atom. The molecule has 1 atom stereocenters. The molecule has 4 rings (SSSR count). The number of hydrogen-bond donors (Lipinski definition) is 2. The van der Waals surface area contributed by atoms with Crippen LogP contribution in [0.3, 0.4) is 0 Å². The summed E-state index contributed by atoms with van der Waals surface area (Å²) in [5.74, 6) is -0.570. The molecule has 0 aliphatic heterocycles. The van der Waals surface area contributed by atoms with Crippen LogP contribution in [0.2, 0.25) is 0 Å². The van der Waals surface area contributed by atoms with Gasteiger partial charge in [-0.1, -0.05) is 86.1 Å². The molecule has 4 aromatic rings. The Hall–Kier alpha value is -4.91.